The van der Waals surface area contributed by atoms with Crippen molar-refractivity contribution in [1.29, 1.82) is 0 Å². The lowest BCUT2D eigenvalue weighted by Gasteiger charge is -2.31. The molecule has 23 heavy (non-hydrogen) atoms. The summed E-state index contributed by atoms with van der Waals surface area (Å²) < 4.78 is 6.06. The average Bonchev–Trinajstić information content (AvgIpc) is 2.58. The van der Waals surface area contributed by atoms with Crippen molar-refractivity contribution < 1.29 is 4.74 Å². The lowest BCUT2D eigenvalue weighted by Crippen LogP contribution is -2.38. The van der Waals surface area contributed by atoms with Crippen LogP contribution in [-0.2, 0) is 4.74 Å². The summed E-state index contributed by atoms with van der Waals surface area (Å²) in [5.41, 5.74) is 2.54. The summed E-state index contributed by atoms with van der Waals surface area (Å²) in [7, 11) is 0. The molecule has 0 spiro atoms. The topological polar surface area (TPSA) is 45.7 Å². The highest BCUT2D eigenvalue weighted by molar-refractivity contribution is 5.79. The number of nitrogens with zero attached hydrogens (tertiary/aromatic N) is 1. The first-order chi connectivity index (χ1) is 11.2. The molecule has 126 valence electrons. The Kier molecular flexibility index (Phi) is 7.14. The van der Waals surface area contributed by atoms with Crippen LogP contribution in [0.3, 0.4) is 0 Å². The smallest absolute Gasteiger partial charge is 0.191 e. The second-order valence-corrected chi connectivity index (χ2v) is 5.99. The standard InChI is InChI=1S/C19H29N3O/c1-4-12-21-19(20-5-2)22-14-17-7-6-13-23-18(17)16-10-8-15(3)9-11-16/h4,8-11,17-18H,1,5-7,12-14H2,2-3H3,(H2,20,21,22). The summed E-state index contributed by atoms with van der Waals surface area (Å²) in [5.74, 6) is 1.27. The van der Waals surface area contributed by atoms with E-state index < -0.39 is 0 Å². The van der Waals surface area contributed by atoms with Crippen molar-refractivity contribution in [2.75, 3.05) is 26.2 Å². The Labute approximate surface area is 140 Å². The van der Waals surface area contributed by atoms with Gasteiger partial charge in [-0.1, -0.05) is 35.9 Å². The normalized spacial score (nSPS) is 21.7. The van der Waals surface area contributed by atoms with Gasteiger partial charge < -0.3 is 15.4 Å². The van der Waals surface area contributed by atoms with E-state index in [2.05, 4.69) is 55.3 Å². The van der Waals surface area contributed by atoms with Crippen LogP contribution in [0.1, 0.15) is 37.0 Å². The lowest BCUT2D eigenvalue weighted by molar-refractivity contribution is -0.0250. The Morgan fingerprint density at radius 1 is 1.35 bits per heavy atom. The molecule has 1 aliphatic heterocycles. The molecule has 1 aromatic carbocycles. The van der Waals surface area contributed by atoms with Gasteiger partial charge in [0.25, 0.3) is 0 Å². The van der Waals surface area contributed by atoms with Gasteiger partial charge in [0.05, 0.1) is 6.10 Å². The van der Waals surface area contributed by atoms with Gasteiger partial charge in [0.2, 0.25) is 0 Å². The van der Waals surface area contributed by atoms with Gasteiger partial charge in [0, 0.05) is 32.2 Å². The first kappa shape index (κ1) is 17.5. The molecule has 1 heterocycles. The highest BCUT2D eigenvalue weighted by atomic mass is 16.5. The second kappa shape index (κ2) is 9.36. The van der Waals surface area contributed by atoms with E-state index in [1.54, 1.807) is 0 Å². The Bertz CT molecular complexity index is 510. The number of hydrogen-bond donors (Lipinski definition) is 2. The summed E-state index contributed by atoms with van der Waals surface area (Å²) in [6.07, 6.45) is 4.25. The third-order valence-corrected chi connectivity index (χ3v) is 4.09. The molecule has 1 fully saturated rings. The van der Waals surface area contributed by atoms with Crippen molar-refractivity contribution in [3.8, 4) is 0 Å². The van der Waals surface area contributed by atoms with Gasteiger partial charge in [-0.25, -0.2) is 0 Å². The zero-order valence-corrected chi connectivity index (χ0v) is 14.3. The molecule has 1 aromatic rings. The van der Waals surface area contributed by atoms with E-state index >= 15 is 0 Å². The maximum atomic E-state index is 6.06. The Hall–Kier alpha value is -1.81. The van der Waals surface area contributed by atoms with Crippen LogP contribution < -0.4 is 10.6 Å². The van der Waals surface area contributed by atoms with E-state index in [0.29, 0.717) is 12.5 Å². The fraction of sp³-hybridized carbons (Fsp3) is 0.526. The van der Waals surface area contributed by atoms with Crippen molar-refractivity contribution in [3.63, 3.8) is 0 Å². The maximum Gasteiger partial charge on any atom is 0.191 e. The molecule has 4 heteroatoms. The number of rotatable bonds is 6. The number of hydrogen-bond acceptors (Lipinski definition) is 2. The molecule has 2 atom stereocenters. The quantitative estimate of drug-likeness (QED) is 0.481. The third-order valence-electron chi connectivity index (χ3n) is 4.09. The molecule has 0 bridgehead atoms. The minimum atomic E-state index is 0.149. The summed E-state index contributed by atoms with van der Waals surface area (Å²) in [6.45, 7) is 11.1. The fourth-order valence-electron chi connectivity index (χ4n) is 2.87. The molecular weight excluding hydrogens is 286 g/mol. The molecule has 4 nitrogen and oxygen atoms in total. The number of benzene rings is 1. The Morgan fingerprint density at radius 3 is 2.83 bits per heavy atom. The van der Waals surface area contributed by atoms with Crippen molar-refractivity contribution in [2.45, 2.75) is 32.8 Å². The molecule has 1 saturated heterocycles. The number of aryl methyl sites for hydroxylation is 1. The van der Waals surface area contributed by atoms with Gasteiger partial charge in [0.1, 0.15) is 0 Å². The fourth-order valence-corrected chi connectivity index (χ4v) is 2.87. The van der Waals surface area contributed by atoms with E-state index in [1.807, 2.05) is 6.08 Å². The zero-order chi connectivity index (χ0) is 16.5. The van der Waals surface area contributed by atoms with Crippen LogP contribution >= 0.6 is 0 Å². The number of ether oxygens (including phenoxy) is 1. The Morgan fingerprint density at radius 2 is 2.13 bits per heavy atom. The highest BCUT2D eigenvalue weighted by Crippen LogP contribution is 2.33. The molecular formula is C19H29N3O. The third kappa shape index (κ3) is 5.39. The van der Waals surface area contributed by atoms with Gasteiger partial charge in [-0.15, -0.1) is 6.58 Å². The average molecular weight is 315 g/mol. The molecule has 2 unspecified atom stereocenters. The van der Waals surface area contributed by atoms with Crippen LogP contribution in [0, 0.1) is 12.8 Å². The summed E-state index contributed by atoms with van der Waals surface area (Å²) in [6, 6.07) is 8.68. The summed E-state index contributed by atoms with van der Waals surface area (Å²) in [4.78, 5) is 4.73. The van der Waals surface area contributed by atoms with E-state index in [9.17, 15) is 0 Å². The summed E-state index contributed by atoms with van der Waals surface area (Å²) >= 11 is 0. The molecule has 0 aliphatic carbocycles. The number of nitrogens with one attached hydrogen (secondary N) is 2. The van der Waals surface area contributed by atoms with Gasteiger partial charge in [-0.05, 0) is 32.3 Å². The molecule has 0 aromatic heterocycles. The maximum absolute atomic E-state index is 6.06. The van der Waals surface area contributed by atoms with Crippen molar-refractivity contribution in [1.82, 2.24) is 10.6 Å². The lowest BCUT2D eigenvalue weighted by atomic mass is 9.89. The monoisotopic (exact) mass is 315 g/mol. The van der Waals surface area contributed by atoms with E-state index in [0.717, 1.165) is 38.5 Å². The largest absolute Gasteiger partial charge is 0.373 e. The zero-order valence-electron chi connectivity index (χ0n) is 14.3. The molecule has 2 rings (SSSR count). The highest BCUT2D eigenvalue weighted by Gasteiger charge is 2.27. The van der Waals surface area contributed by atoms with Crippen molar-refractivity contribution >= 4 is 5.96 Å². The predicted molar refractivity (Wildman–Crippen MR) is 96.8 cm³/mol. The van der Waals surface area contributed by atoms with Crippen LogP contribution in [0.25, 0.3) is 0 Å². The van der Waals surface area contributed by atoms with Crippen LogP contribution in [0.5, 0.6) is 0 Å². The minimum absolute atomic E-state index is 0.149. The molecule has 1 aliphatic rings. The molecule has 0 amide bonds. The Balaban J connectivity index is 2.05. The predicted octanol–water partition coefficient (Wildman–Crippen LogP) is 3.20. The van der Waals surface area contributed by atoms with Gasteiger partial charge >= 0.3 is 0 Å². The number of guanidine groups is 1. The van der Waals surface area contributed by atoms with Crippen molar-refractivity contribution in [3.05, 3.63) is 48.0 Å². The van der Waals surface area contributed by atoms with Gasteiger partial charge in [-0.2, -0.15) is 0 Å². The van der Waals surface area contributed by atoms with Crippen molar-refractivity contribution in [2.24, 2.45) is 10.9 Å². The SMILES string of the molecule is C=CCNC(=NCC1CCCOC1c1ccc(C)cc1)NCC. The van der Waals surface area contributed by atoms with Crippen LogP contribution in [0.2, 0.25) is 0 Å². The van der Waals surface area contributed by atoms with E-state index in [-0.39, 0.29) is 6.10 Å². The van der Waals surface area contributed by atoms with E-state index in [1.165, 1.54) is 11.1 Å². The first-order valence-electron chi connectivity index (χ1n) is 8.55. The van der Waals surface area contributed by atoms with E-state index in [4.69, 9.17) is 9.73 Å². The first-order valence-corrected chi connectivity index (χ1v) is 8.55. The minimum Gasteiger partial charge on any atom is -0.373 e. The van der Waals surface area contributed by atoms with Gasteiger partial charge in [-0.3, -0.25) is 4.99 Å². The molecule has 2 N–H and O–H groups in total. The number of aliphatic imine (C=N–C) groups is 1. The van der Waals surface area contributed by atoms with Crippen LogP contribution in [-0.4, -0.2) is 32.2 Å². The van der Waals surface area contributed by atoms with Crippen LogP contribution in [0.15, 0.2) is 41.9 Å². The van der Waals surface area contributed by atoms with Crippen LogP contribution in [0.4, 0.5) is 0 Å². The van der Waals surface area contributed by atoms with Gasteiger partial charge in [0.15, 0.2) is 5.96 Å². The molecule has 0 radical (unpaired) electrons. The second-order valence-electron chi connectivity index (χ2n) is 5.99. The summed E-state index contributed by atoms with van der Waals surface area (Å²) in [5, 5.41) is 6.52. The molecule has 0 saturated carbocycles.